The van der Waals surface area contributed by atoms with Crippen molar-refractivity contribution >= 4 is 17.2 Å². The maximum absolute atomic E-state index is 11.7. The van der Waals surface area contributed by atoms with E-state index in [9.17, 15) is 4.79 Å². The standard InChI is InChI=1S/C13H14N2O2S/c1-17-13-7-10(2-4-14-13)8-15-12(16)6-11-3-5-18-9-11/h2-5,7,9H,6,8H2,1H3,(H,15,16). The Hall–Kier alpha value is -1.88. The topological polar surface area (TPSA) is 51.2 Å². The second-order valence-corrected chi connectivity index (χ2v) is 4.57. The Labute approximate surface area is 110 Å². The summed E-state index contributed by atoms with van der Waals surface area (Å²) in [6.07, 6.45) is 2.09. The van der Waals surface area contributed by atoms with E-state index in [4.69, 9.17) is 4.74 Å². The maximum Gasteiger partial charge on any atom is 0.224 e. The minimum atomic E-state index is 0.0178. The number of amides is 1. The normalized spacial score (nSPS) is 10.1. The summed E-state index contributed by atoms with van der Waals surface area (Å²) in [6, 6.07) is 5.62. The molecule has 0 saturated heterocycles. The van der Waals surface area contributed by atoms with Crippen LogP contribution in [0.25, 0.3) is 0 Å². The van der Waals surface area contributed by atoms with Gasteiger partial charge in [0.05, 0.1) is 13.5 Å². The van der Waals surface area contributed by atoms with Gasteiger partial charge in [-0.2, -0.15) is 11.3 Å². The number of rotatable bonds is 5. The molecule has 0 saturated carbocycles. The second kappa shape index (κ2) is 6.16. The zero-order chi connectivity index (χ0) is 12.8. The van der Waals surface area contributed by atoms with Gasteiger partial charge in [-0.05, 0) is 34.0 Å². The molecular weight excluding hydrogens is 248 g/mol. The quantitative estimate of drug-likeness (QED) is 0.896. The fourth-order valence-electron chi connectivity index (χ4n) is 1.51. The summed E-state index contributed by atoms with van der Waals surface area (Å²) in [6.45, 7) is 0.488. The van der Waals surface area contributed by atoms with Crippen molar-refractivity contribution in [1.29, 1.82) is 0 Å². The van der Waals surface area contributed by atoms with Gasteiger partial charge in [0.1, 0.15) is 0 Å². The van der Waals surface area contributed by atoms with Gasteiger partial charge in [-0.3, -0.25) is 4.79 Å². The van der Waals surface area contributed by atoms with E-state index in [2.05, 4.69) is 10.3 Å². The lowest BCUT2D eigenvalue weighted by molar-refractivity contribution is -0.120. The zero-order valence-electron chi connectivity index (χ0n) is 10.1. The first-order valence-corrected chi connectivity index (χ1v) is 6.49. The van der Waals surface area contributed by atoms with Gasteiger partial charge < -0.3 is 10.1 Å². The van der Waals surface area contributed by atoms with Crippen LogP contribution in [0.5, 0.6) is 5.88 Å². The van der Waals surface area contributed by atoms with Crippen LogP contribution in [0.3, 0.4) is 0 Å². The van der Waals surface area contributed by atoms with Crippen molar-refractivity contribution in [3.05, 3.63) is 46.3 Å². The largest absolute Gasteiger partial charge is 0.481 e. The third kappa shape index (κ3) is 3.56. The molecule has 0 fully saturated rings. The molecule has 0 aliphatic carbocycles. The lowest BCUT2D eigenvalue weighted by atomic mass is 10.2. The van der Waals surface area contributed by atoms with E-state index in [1.54, 1.807) is 24.6 Å². The van der Waals surface area contributed by atoms with Crippen LogP contribution in [0.15, 0.2) is 35.2 Å². The first kappa shape index (κ1) is 12.6. The molecule has 5 heteroatoms. The molecule has 0 aromatic carbocycles. The first-order valence-electron chi connectivity index (χ1n) is 5.54. The van der Waals surface area contributed by atoms with Crippen LogP contribution in [0, 0.1) is 0 Å². The van der Waals surface area contributed by atoms with Gasteiger partial charge in [-0.1, -0.05) is 0 Å². The van der Waals surface area contributed by atoms with Crippen molar-refractivity contribution in [2.75, 3.05) is 7.11 Å². The van der Waals surface area contributed by atoms with Gasteiger partial charge in [0, 0.05) is 18.8 Å². The Balaban J connectivity index is 1.85. The third-order valence-corrected chi connectivity index (χ3v) is 3.17. The molecule has 2 aromatic rings. The summed E-state index contributed by atoms with van der Waals surface area (Å²) in [4.78, 5) is 15.7. The molecule has 0 aliphatic heterocycles. The van der Waals surface area contributed by atoms with E-state index in [0.29, 0.717) is 18.8 Å². The summed E-state index contributed by atoms with van der Waals surface area (Å²) in [5.74, 6) is 0.573. The van der Waals surface area contributed by atoms with Crippen molar-refractivity contribution in [1.82, 2.24) is 10.3 Å². The first-order chi connectivity index (χ1) is 8.78. The summed E-state index contributed by atoms with van der Waals surface area (Å²) >= 11 is 1.60. The van der Waals surface area contributed by atoms with Crippen LogP contribution in [0.4, 0.5) is 0 Å². The number of carbonyl (C=O) groups excluding carboxylic acids is 1. The van der Waals surface area contributed by atoms with Crippen molar-refractivity contribution in [3.63, 3.8) is 0 Å². The molecule has 0 radical (unpaired) electrons. The Kier molecular flexibility index (Phi) is 4.30. The van der Waals surface area contributed by atoms with Gasteiger partial charge >= 0.3 is 0 Å². The van der Waals surface area contributed by atoms with Gasteiger partial charge in [0.25, 0.3) is 0 Å². The van der Waals surface area contributed by atoms with Crippen LogP contribution in [0.1, 0.15) is 11.1 Å². The van der Waals surface area contributed by atoms with Crippen LogP contribution in [0.2, 0.25) is 0 Å². The lowest BCUT2D eigenvalue weighted by Gasteiger charge is -2.05. The van der Waals surface area contributed by atoms with Crippen LogP contribution < -0.4 is 10.1 Å². The second-order valence-electron chi connectivity index (χ2n) is 3.79. The molecule has 1 N–H and O–H groups in total. The molecule has 2 heterocycles. The molecule has 1 amide bonds. The van der Waals surface area contributed by atoms with E-state index in [-0.39, 0.29) is 5.91 Å². The predicted octanol–water partition coefficient (Wildman–Crippen LogP) is 2.01. The Bertz CT molecular complexity index is 511. The Morgan fingerprint density at radius 1 is 1.44 bits per heavy atom. The van der Waals surface area contributed by atoms with E-state index in [1.165, 1.54) is 0 Å². The lowest BCUT2D eigenvalue weighted by Crippen LogP contribution is -2.24. The highest BCUT2D eigenvalue weighted by molar-refractivity contribution is 7.07. The molecule has 0 atom stereocenters. The molecule has 0 bridgehead atoms. The van der Waals surface area contributed by atoms with Gasteiger partial charge in [0.2, 0.25) is 11.8 Å². The minimum Gasteiger partial charge on any atom is -0.481 e. The SMILES string of the molecule is COc1cc(CNC(=O)Cc2ccsc2)ccn1. The number of nitrogens with zero attached hydrogens (tertiary/aromatic N) is 1. The molecule has 94 valence electrons. The molecule has 2 aromatic heterocycles. The van der Waals surface area contributed by atoms with Gasteiger partial charge in [-0.25, -0.2) is 4.98 Å². The predicted molar refractivity (Wildman–Crippen MR) is 70.7 cm³/mol. The fraction of sp³-hybridized carbons (Fsp3) is 0.231. The number of hydrogen-bond donors (Lipinski definition) is 1. The highest BCUT2D eigenvalue weighted by atomic mass is 32.1. The smallest absolute Gasteiger partial charge is 0.224 e. The van der Waals surface area contributed by atoms with Crippen molar-refractivity contribution in [2.24, 2.45) is 0 Å². The Morgan fingerprint density at radius 3 is 3.06 bits per heavy atom. The highest BCUT2D eigenvalue weighted by Gasteiger charge is 2.04. The molecular formula is C13H14N2O2S. The zero-order valence-corrected chi connectivity index (χ0v) is 10.9. The molecule has 0 unspecified atom stereocenters. The number of hydrogen-bond acceptors (Lipinski definition) is 4. The average Bonchev–Trinajstić information content (AvgIpc) is 2.89. The van der Waals surface area contributed by atoms with Crippen molar-refractivity contribution in [2.45, 2.75) is 13.0 Å². The van der Waals surface area contributed by atoms with Crippen LogP contribution in [-0.2, 0) is 17.8 Å². The number of nitrogens with one attached hydrogen (secondary N) is 1. The summed E-state index contributed by atoms with van der Waals surface area (Å²) in [5.41, 5.74) is 2.02. The molecule has 0 spiro atoms. The minimum absolute atomic E-state index is 0.0178. The number of carbonyl (C=O) groups is 1. The van der Waals surface area contributed by atoms with Crippen LogP contribution >= 0.6 is 11.3 Å². The summed E-state index contributed by atoms with van der Waals surface area (Å²) in [5, 5.41) is 6.82. The highest BCUT2D eigenvalue weighted by Crippen LogP contribution is 2.09. The fourth-order valence-corrected chi connectivity index (χ4v) is 2.18. The van der Waals surface area contributed by atoms with E-state index >= 15 is 0 Å². The molecule has 4 nitrogen and oxygen atoms in total. The van der Waals surface area contributed by atoms with Crippen molar-refractivity contribution < 1.29 is 9.53 Å². The third-order valence-electron chi connectivity index (χ3n) is 2.44. The van der Waals surface area contributed by atoms with E-state index in [0.717, 1.165) is 11.1 Å². The van der Waals surface area contributed by atoms with Gasteiger partial charge in [0.15, 0.2) is 0 Å². The molecule has 2 rings (SSSR count). The number of ether oxygens (including phenoxy) is 1. The molecule has 18 heavy (non-hydrogen) atoms. The number of methoxy groups -OCH3 is 1. The maximum atomic E-state index is 11.7. The monoisotopic (exact) mass is 262 g/mol. The summed E-state index contributed by atoms with van der Waals surface area (Å²) in [7, 11) is 1.57. The van der Waals surface area contributed by atoms with Crippen molar-refractivity contribution in [3.8, 4) is 5.88 Å². The number of pyridine rings is 1. The summed E-state index contributed by atoms with van der Waals surface area (Å²) < 4.78 is 5.02. The van der Waals surface area contributed by atoms with E-state index < -0.39 is 0 Å². The average molecular weight is 262 g/mol. The molecule has 0 aliphatic rings. The number of thiophene rings is 1. The van der Waals surface area contributed by atoms with E-state index in [1.807, 2.05) is 29.0 Å². The van der Waals surface area contributed by atoms with Gasteiger partial charge in [-0.15, -0.1) is 0 Å². The Morgan fingerprint density at radius 2 is 2.33 bits per heavy atom. The number of aromatic nitrogens is 1. The van der Waals surface area contributed by atoms with Crippen LogP contribution in [-0.4, -0.2) is 18.0 Å².